The molecule has 4 rings (SSSR count). The van der Waals surface area contributed by atoms with Gasteiger partial charge in [-0.05, 0) is 37.8 Å². The molecule has 3 saturated heterocycles. The Labute approximate surface area is 154 Å². The number of carbonyl (C=O) groups excluding carboxylic acids is 2. The van der Waals surface area contributed by atoms with Gasteiger partial charge in [-0.25, -0.2) is 0 Å². The lowest BCUT2D eigenvalue weighted by atomic mass is 9.70. The molecule has 1 aromatic heterocycles. The van der Waals surface area contributed by atoms with Crippen molar-refractivity contribution in [1.82, 2.24) is 15.1 Å². The van der Waals surface area contributed by atoms with Gasteiger partial charge in [0, 0.05) is 38.3 Å². The Bertz CT molecular complexity index is 628. The van der Waals surface area contributed by atoms with E-state index in [9.17, 15) is 9.59 Å². The largest absolute Gasteiger partial charge is 0.459 e. The van der Waals surface area contributed by atoms with E-state index in [-0.39, 0.29) is 29.6 Å². The van der Waals surface area contributed by atoms with Crippen LogP contribution in [0.4, 0.5) is 0 Å². The van der Waals surface area contributed by atoms with Crippen molar-refractivity contribution in [3.05, 3.63) is 24.2 Å². The average Bonchev–Trinajstić information content (AvgIpc) is 3.37. The summed E-state index contributed by atoms with van der Waals surface area (Å²) in [6.45, 7) is 4.52. The Kier molecular flexibility index (Phi) is 5.11. The number of piperazine rings is 1. The van der Waals surface area contributed by atoms with Crippen molar-refractivity contribution in [2.24, 2.45) is 5.41 Å². The van der Waals surface area contributed by atoms with Crippen LogP contribution in [0.25, 0.3) is 0 Å². The van der Waals surface area contributed by atoms with Gasteiger partial charge >= 0.3 is 0 Å². The lowest BCUT2D eigenvalue weighted by molar-refractivity contribution is -0.145. The predicted octanol–water partition coefficient (Wildman–Crippen LogP) is 1.91. The first-order valence-electron chi connectivity index (χ1n) is 9.02. The van der Waals surface area contributed by atoms with E-state index in [1.807, 2.05) is 4.90 Å². The Morgan fingerprint density at radius 1 is 1.24 bits per heavy atom. The van der Waals surface area contributed by atoms with Crippen LogP contribution < -0.4 is 5.32 Å². The highest BCUT2D eigenvalue weighted by Gasteiger charge is 2.55. The fourth-order valence-electron chi connectivity index (χ4n) is 4.76. The van der Waals surface area contributed by atoms with E-state index in [1.165, 1.54) is 12.7 Å². The fraction of sp³-hybridized carbons (Fsp3) is 0.667. The highest BCUT2D eigenvalue weighted by Crippen LogP contribution is 2.47. The number of fused-ring (bicyclic) bond motifs is 2. The van der Waals surface area contributed by atoms with Gasteiger partial charge in [0.2, 0.25) is 5.91 Å². The maximum Gasteiger partial charge on any atom is 0.289 e. The molecule has 3 aliphatic heterocycles. The number of hydrogen-bond acceptors (Lipinski definition) is 4. The van der Waals surface area contributed by atoms with Gasteiger partial charge in [-0.15, -0.1) is 12.4 Å². The van der Waals surface area contributed by atoms with Crippen LogP contribution in [0.3, 0.4) is 0 Å². The lowest BCUT2D eigenvalue weighted by Crippen LogP contribution is -2.56. The van der Waals surface area contributed by atoms with Gasteiger partial charge in [0.1, 0.15) is 0 Å². The van der Waals surface area contributed by atoms with Crippen molar-refractivity contribution in [3.63, 3.8) is 0 Å². The summed E-state index contributed by atoms with van der Waals surface area (Å²) in [6, 6.07) is 4.26. The molecule has 0 unspecified atom stereocenters. The number of hydrogen-bond donors (Lipinski definition) is 1. The third kappa shape index (κ3) is 2.95. The second kappa shape index (κ2) is 7.00. The number of carbonyl (C=O) groups is 2. The van der Waals surface area contributed by atoms with Crippen molar-refractivity contribution in [2.75, 3.05) is 26.2 Å². The van der Waals surface area contributed by atoms with Crippen LogP contribution in [-0.2, 0) is 4.79 Å². The zero-order chi connectivity index (χ0) is 16.7. The van der Waals surface area contributed by atoms with Gasteiger partial charge in [-0.2, -0.15) is 0 Å². The summed E-state index contributed by atoms with van der Waals surface area (Å²) in [5.41, 5.74) is -0.226. The molecule has 1 aromatic rings. The molecule has 0 aromatic carbocycles. The zero-order valence-electron chi connectivity index (χ0n) is 14.6. The van der Waals surface area contributed by atoms with E-state index in [4.69, 9.17) is 4.42 Å². The van der Waals surface area contributed by atoms with Crippen molar-refractivity contribution in [1.29, 1.82) is 0 Å². The predicted molar refractivity (Wildman–Crippen MR) is 95.7 cm³/mol. The van der Waals surface area contributed by atoms with Gasteiger partial charge in [-0.3, -0.25) is 9.59 Å². The first-order valence-corrected chi connectivity index (χ1v) is 9.02. The quantitative estimate of drug-likeness (QED) is 0.886. The molecule has 0 saturated carbocycles. The van der Waals surface area contributed by atoms with Crippen LogP contribution in [0.15, 0.2) is 22.8 Å². The van der Waals surface area contributed by atoms with E-state index in [2.05, 4.69) is 12.2 Å². The summed E-state index contributed by atoms with van der Waals surface area (Å²) in [6.07, 6.45) is 5.69. The molecule has 0 aliphatic carbocycles. The zero-order valence-corrected chi connectivity index (χ0v) is 15.4. The van der Waals surface area contributed by atoms with Crippen LogP contribution in [0.1, 0.15) is 43.2 Å². The minimum Gasteiger partial charge on any atom is -0.459 e. The van der Waals surface area contributed by atoms with Gasteiger partial charge < -0.3 is 19.5 Å². The number of furan rings is 1. The molecule has 3 fully saturated rings. The first-order chi connectivity index (χ1) is 11.6. The summed E-state index contributed by atoms with van der Waals surface area (Å²) >= 11 is 0. The third-order valence-electron chi connectivity index (χ3n) is 6.16. The van der Waals surface area contributed by atoms with Gasteiger partial charge in [0.05, 0.1) is 11.7 Å². The van der Waals surface area contributed by atoms with Gasteiger partial charge in [-0.1, -0.05) is 6.92 Å². The highest BCUT2D eigenvalue weighted by atomic mass is 35.5. The van der Waals surface area contributed by atoms with Crippen molar-refractivity contribution in [2.45, 2.75) is 44.7 Å². The third-order valence-corrected chi connectivity index (χ3v) is 6.16. The van der Waals surface area contributed by atoms with Crippen LogP contribution in [0.5, 0.6) is 0 Å². The Morgan fingerprint density at radius 3 is 2.48 bits per heavy atom. The highest BCUT2D eigenvalue weighted by molar-refractivity contribution is 5.92. The molecular weight excluding hydrogens is 342 g/mol. The second-order valence-corrected chi connectivity index (χ2v) is 7.27. The summed E-state index contributed by atoms with van der Waals surface area (Å²) < 4.78 is 5.19. The minimum atomic E-state index is -0.226. The molecule has 3 atom stereocenters. The van der Waals surface area contributed by atoms with Gasteiger partial charge in [0.25, 0.3) is 5.91 Å². The number of nitrogens with one attached hydrogen (secondary N) is 1. The molecule has 2 bridgehead atoms. The van der Waals surface area contributed by atoms with Crippen molar-refractivity contribution < 1.29 is 14.0 Å². The molecule has 6 nitrogen and oxygen atoms in total. The topological polar surface area (TPSA) is 65.8 Å². The molecule has 3 aliphatic rings. The smallest absolute Gasteiger partial charge is 0.289 e. The molecule has 4 heterocycles. The molecule has 0 radical (unpaired) electrons. The van der Waals surface area contributed by atoms with E-state index < -0.39 is 0 Å². The maximum atomic E-state index is 13.2. The Morgan fingerprint density at radius 2 is 1.96 bits per heavy atom. The SMILES string of the molecule is CC[C@@]1(C(=O)N2CCN(C(=O)c3ccco3)CC2)C[C@@H]2CC[C@H]1N2.Cl. The molecule has 138 valence electrons. The van der Waals surface area contributed by atoms with Crippen LogP contribution in [-0.4, -0.2) is 59.9 Å². The molecule has 25 heavy (non-hydrogen) atoms. The van der Waals surface area contributed by atoms with Crippen molar-refractivity contribution in [3.8, 4) is 0 Å². The van der Waals surface area contributed by atoms with E-state index in [1.54, 1.807) is 17.0 Å². The van der Waals surface area contributed by atoms with Gasteiger partial charge in [0.15, 0.2) is 5.76 Å². The number of halogens is 1. The van der Waals surface area contributed by atoms with Crippen LogP contribution in [0.2, 0.25) is 0 Å². The number of rotatable bonds is 3. The lowest BCUT2D eigenvalue weighted by Gasteiger charge is -2.42. The average molecular weight is 368 g/mol. The number of amides is 2. The molecule has 7 heteroatoms. The molecule has 2 amide bonds. The first kappa shape index (κ1) is 18.3. The monoisotopic (exact) mass is 367 g/mol. The standard InChI is InChI=1S/C18H25N3O3.ClH/c1-2-18(12-13-5-6-15(18)19-13)17(23)21-9-7-20(8-10-21)16(22)14-4-3-11-24-14;/h3-4,11,13,15,19H,2,5-10,12H2,1H3;1H/t13-,15+,18+;/m0./s1. The number of nitrogens with zero attached hydrogens (tertiary/aromatic N) is 2. The minimum absolute atomic E-state index is 0. The van der Waals surface area contributed by atoms with E-state index >= 15 is 0 Å². The summed E-state index contributed by atoms with van der Waals surface area (Å²) in [7, 11) is 0. The molecule has 0 spiro atoms. The maximum absolute atomic E-state index is 13.2. The second-order valence-electron chi connectivity index (χ2n) is 7.27. The van der Waals surface area contributed by atoms with E-state index in [0.717, 1.165) is 19.3 Å². The van der Waals surface area contributed by atoms with Crippen LogP contribution in [0, 0.1) is 5.41 Å². The molecular formula is C18H26ClN3O3. The molecule has 1 N–H and O–H groups in total. The normalized spacial score (nSPS) is 31.1. The summed E-state index contributed by atoms with van der Waals surface area (Å²) in [4.78, 5) is 29.3. The van der Waals surface area contributed by atoms with E-state index in [0.29, 0.717) is 44.0 Å². The van der Waals surface area contributed by atoms with Crippen molar-refractivity contribution >= 4 is 24.2 Å². The van der Waals surface area contributed by atoms with Crippen LogP contribution >= 0.6 is 12.4 Å². The Hall–Kier alpha value is -1.53. The summed E-state index contributed by atoms with van der Waals surface area (Å²) in [5, 5.41) is 3.61. The Balaban J connectivity index is 0.00000182. The summed E-state index contributed by atoms with van der Waals surface area (Å²) in [5.74, 6) is 0.575. The fourth-order valence-corrected chi connectivity index (χ4v) is 4.76.